The average molecular weight is 293 g/mol. The third-order valence-corrected chi connectivity index (χ3v) is 3.31. The molecule has 0 fully saturated rings. The zero-order valence-corrected chi connectivity index (χ0v) is 12.7. The summed E-state index contributed by atoms with van der Waals surface area (Å²) < 4.78 is 5.73. The molecule has 0 unspecified atom stereocenters. The molecule has 108 valence electrons. The first-order chi connectivity index (χ1) is 9.52. The fourth-order valence-electron chi connectivity index (χ4n) is 2.05. The average Bonchev–Trinajstić information content (AvgIpc) is 2.44. The Kier molecular flexibility index (Phi) is 4.44. The highest BCUT2D eigenvalue weighted by molar-refractivity contribution is 7.80. The largest absolute Gasteiger partial charge is 0.477 e. The van der Waals surface area contributed by atoms with Crippen molar-refractivity contribution in [2.75, 3.05) is 18.5 Å². The maximum Gasteiger partial charge on any atom is 0.262 e. The van der Waals surface area contributed by atoms with Gasteiger partial charge in [-0.05, 0) is 38.2 Å². The van der Waals surface area contributed by atoms with Crippen LogP contribution in [0.3, 0.4) is 0 Å². The number of nitrogens with zero attached hydrogens (tertiary/aromatic N) is 1. The zero-order chi connectivity index (χ0) is 14.7. The first-order valence-corrected chi connectivity index (χ1v) is 6.99. The fourth-order valence-corrected chi connectivity index (χ4v) is 2.46. The molecule has 0 spiro atoms. The van der Waals surface area contributed by atoms with Crippen molar-refractivity contribution in [1.29, 1.82) is 0 Å². The smallest absolute Gasteiger partial charge is 0.262 e. The minimum atomic E-state index is -0.568. The van der Waals surface area contributed by atoms with Gasteiger partial charge in [-0.15, -0.1) is 0 Å². The third kappa shape index (κ3) is 3.01. The van der Waals surface area contributed by atoms with E-state index in [9.17, 15) is 4.79 Å². The van der Waals surface area contributed by atoms with Crippen molar-refractivity contribution >= 4 is 28.9 Å². The van der Waals surface area contributed by atoms with Gasteiger partial charge in [-0.3, -0.25) is 4.79 Å². The molecule has 2 rings (SSSR count). The van der Waals surface area contributed by atoms with Crippen LogP contribution in [-0.4, -0.2) is 36.8 Å². The zero-order valence-electron chi connectivity index (χ0n) is 11.8. The lowest BCUT2D eigenvalue weighted by molar-refractivity contribution is -0.127. The molecule has 1 heterocycles. The van der Waals surface area contributed by atoms with Gasteiger partial charge in [0.05, 0.1) is 12.2 Å². The number of amides is 1. The summed E-state index contributed by atoms with van der Waals surface area (Å²) in [5, 5.41) is 6.41. The van der Waals surface area contributed by atoms with Crippen LogP contribution in [-0.2, 0) is 4.79 Å². The highest BCUT2D eigenvalue weighted by Crippen LogP contribution is 2.33. The van der Waals surface area contributed by atoms with Gasteiger partial charge in [0.1, 0.15) is 5.75 Å². The second kappa shape index (κ2) is 6.09. The van der Waals surface area contributed by atoms with E-state index in [-0.39, 0.29) is 11.9 Å². The Bertz CT molecular complexity index is 519. The van der Waals surface area contributed by atoms with Gasteiger partial charge in [-0.1, -0.05) is 12.1 Å². The molecule has 20 heavy (non-hydrogen) atoms. The van der Waals surface area contributed by atoms with Crippen molar-refractivity contribution in [3.05, 3.63) is 24.3 Å². The lowest BCUT2D eigenvalue weighted by atomic mass is 10.2. The van der Waals surface area contributed by atoms with Crippen LogP contribution in [0.15, 0.2) is 24.3 Å². The number of likely N-dealkylation sites (N-methyl/N-ethyl adjacent to an activating group) is 1. The summed E-state index contributed by atoms with van der Waals surface area (Å²) in [7, 11) is 1.60. The fraction of sp³-hybridized carbons (Fsp3) is 0.429. The molecule has 1 aromatic carbocycles. The predicted molar refractivity (Wildman–Crippen MR) is 83.1 cm³/mol. The molecule has 5 nitrogen and oxygen atoms in total. The van der Waals surface area contributed by atoms with Gasteiger partial charge in [0.25, 0.3) is 5.91 Å². The lowest BCUT2D eigenvalue weighted by Gasteiger charge is -2.36. The minimum absolute atomic E-state index is 0.156. The quantitative estimate of drug-likeness (QED) is 0.805. The van der Waals surface area contributed by atoms with Gasteiger partial charge in [-0.2, -0.15) is 0 Å². The van der Waals surface area contributed by atoms with E-state index >= 15 is 0 Å². The number of carbonyl (C=O) groups excluding carboxylic acids is 1. The number of rotatable bonds is 2. The summed E-state index contributed by atoms with van der Waals surface area (Å²) in [5.74, 6) is 0.511. The molecule has 1 aliphatic rings. The van der Waals surface area contributed by atoms with E-state index in [4.69, 9.17) is 17.0 Å². The van der Waals surface area contributed by atoms with E-state index in [2.05, 4.69) is 10.6 Å². The first-order valence-electron chi connectivity index (χ1n) is 6.58. The Hall–Kier alpha value is -1.82. The maximum atomic E-state index is 11.8. The number of anilines is 1. The summed E-state index contributed by atoms with van der Waals surface area (Å²) in [6.07, 6.45) is -0.568. The van der Waals surface area contributed by atoms with Crippen LogP contribution in [0.5, 0.6) is 5.75 Å². The van der Waals surface area contributed by atoms with Crippen molar-refractivity contribution in [3.8, 4) is 5.75 Å². The van der Waals surface area contributed by atoms with E-state index in [1.165, 1.54) is 0 Å². The molecular formula is C14H19N3O2S. The number of para-hydroxylation sites is 2. The van der Waals surface area contributed by atoms with E-state index in [1.54, 1.807) is 7.05 Å². The van der Waals surface area contributed by atoms with Crippen LogP contribution in [0.4, 0.5) is 5.69 Å². The molecule has 0 saturated heterocycles. The minimum Gasteiger partial charge on any atom is -0.477 e. The molecule has 2 N–H and O–H groups in total. The Morgan fingerprint density at radius 2 is 2.15 bits per heavy atom. The van der Waals surface area contributed by atoms with E-state index < -0.39 is 6.10 Å². The lowest BCUT2D eigenvalue weighted by Crippen LogP contribution is -2.53. The summed E-state index contributed by atoms with van der Waals surface area (Å²) in [5.41, 5.74) is 0.880. The molecular weight excluding hydrogens is 274 g/mol. The number of hydrogen-bond donors (Lipinski definition) is 2. The number of benzene rings is 1. The van der Waals surface area contributed by atoms with Crippen LogP contribution in [0.2, 0.25) is 0 Å². The highest BCUT2D eigenvalue weighted by Gasteiger charge is 2.31. The molecule has 0 aromatic heterocycles. The van der Waals surface area contributed by atoms with Crippen LogP contribution in [0.25, 0.3) is 0 Å². The molecule has 1 aliphatic heterocycles. The molecule has 0 saturated carbocycles. The Labute approximate surface area is 124 Å². The van der Waals surface area contributed by atoms with Crippen molar-refractivity contribution in [2.24, 2.45) is 0 Å². The number of fused-ring (bicyclic) bond motifs is 1. The molecule has 0 aliphatic carbocycles. The van der Waals surface area contributed by atoms with Gasteiger partial charge in [0.15, 0.2) is 11.2 Å². The van der Waals surface area contributed by atoms with Crippen LogP contribution in [0.1, 0.15) is 13.8 Å². The number of nitrogens with one attached hydrogen (secondary N) is 2. The van der Waals surface area contributed by atoms with Gasteiger partial charge in [0, 0.05) is 13.1 Å². The number of carbonyl (C=O) groups is 1. The van der Waals surface area contributed by atoms with Gasteiger partial charge in [-0.25, -0.2) is 0 Å². The topological polar surface area (TPSA) is 53.6 Å². The maximum absolute atomic E-state index is 11.8. The van der Waals surface area contributed by atoms with E-state index in [1.807, 2.05) is 43.0 Å². The van der Waals surface area contributed by atoms with Crippen LogP contribution >= 0.6 is 12.2 Å². The molecule has 1 amide bonds. The summed E-state index contributed by atoms with van der Waals surface area (Å²) in [6, 6.07) is 7.81. The molecule has 0 bridgehead atoms. The van der Waals surface area contributed by atoms with Gasteiger partial charge < -0.3 is 20.3 Å². The van der Waals surface area contributed by atoms with Crippen LogP contribution in [0, 0.1) is 0 Å². The normalized spacial score (nSPS) is 17.2. The SMILES string of the molecule is CNC(=O)[C@@H]1CN(C(=S)NC(C)C)c2ccccc2O1. The van der Waals surface area contributed by atoms with E-state index in [0.29, 0.717) is 17.4 Å². The van der Waals surface area contributed by atoms with E-state index in [0.717, 1.165) is 5.69 Å². The second-order valence-electron chi connectivity index (χ2n) is 4.90. The first kappa shape index (κ1) is 14.6. The predicted octanol–water partition coefficient (Wildman–Crippen LogP) is 1.28. The summed E-state index contributed by atoms with van der Waals surface area (Å²) in [6.45, 7) is 4.44. The van der Waals surface area contributed by atoms with Crippen molar-refractivity contribution in [2.45, 2.75) is 26.0 Å². The van der Waals surface area contributed by atoms with Crippen molar-refractivity contribution in [3.63, 3.8) is 0 Å². The highest BCUT2D eigenvalue weighted by atomic mass is 32.1. The standard InChI is InChI=1S/C14H19N3O2S/c1-9(2)16-14(20)17-8-12(13(18)15-3)19-11-7-5-4-6-10(11)17/h4-7,9,12H,8H2,1-3H3,(H,15,18)(H,16,20)/t12-/m0/s1. The number of hydrogen-bond acceptors (Lipinski definition) is 3. The number of thiocarbonyl (C=S) groups is 1. The molecule has 6 heteroatoms. The summed E-state index contributed by atoms with van der Waals surface area (Å²) >= 11 is 5.43. The Balaban J connectivity index is 2.29. The van der Waals surface area contributed by atoms with Crippen LogP contribution < -0.4 is 20.3 Å². The van der Waals surface area contributed by atoms with Gasteiger partial charge in [0.2, 0.25) is 0 Å². The van der Waals surface area contributed by atoms with Crippen molar-refractivity contribution < 1.29 is 9.53 Å². The van der Waals surface area contributed by atoms with Gasteiger partial charge >= 0.3 is 0 Å². The number of ether oxygens (including phenoxy) is 1. The molecule has 1 atom stereocenters. The second-order valence-corrected chi connectivity index (χ2v) is 5.29. The van der Waals surface area contributed by atoms with Crippen molar-refractivity contribution in [1.82, 2.24) is 10.6 Å². The monoisotopic (exact) mass is 293 g/mol. The summed E-state index contributed by atoms with van der Waals surface area (Å²) in [4.78, 5) is 13.8. The Morgan fingerprint density at radius 3 is 2.80 bits per heavy atom. The molecule has 0 radical (unpaired) electrons. The molecule has 1 aromatic rings. The Morgan fingerprint density at radius 1 is 1.45 bits per heavy atom. The third-order valence-electron chi connectivity index (χ3n) is 2.97.